The Labute approximate surface area is 112 Å². The fraction of sp³-hybridized carbons (Fsp3) is 0.286. The van der Waals surface area contributed by atoms with Crippen LogP contribution in [-0.2, 0) is 13.6 Å². The van der Waals surface area contributed by atoms with Gasteiger partial charge in [0.1, 0.15) is 11.8 Å². The van der Waals surface area contributed by atoms with Crippen molar-refractivity contribution < 1.29 is 4.74 Å². The fourth-order valence-electron chi connectivity index (χ4n) is 1.91. The molecule has 1 aromatic heterocycles. The molecule has 0 saturated heterocycles. The van der Waals surface area contributed by atoms with Crippen LogP contribution in [0.1, 0.15) is 16.8 Å². The first-order chi connectivity index (χ1) is 9.13. The van der Waals surface area contributed by atoms with Crippen LogP contribution in [0.3, 0.4) is 0 Å². The first-order valence-electron chi connectivity index (χ1n) is 5.95. The molecule has 1 heterocycles. The van der Waals surface area contributed by atoms with Crippen LogP contribution < -0.4 is 10.1 Å². The third-order valence-electron chi connectivity index (χ3n) is 2.88. The molecular weight excluding hydrogens is 240 g/mol. The summed E-state index contributed by atoms with van der Waals surface area (Å²) < 4.78 is 6.96. The van der Waals surface area contributed by atoms with Crippen molar-refractivity contribution >= 4 is 5.69 Å². The Kier molecular flexibility index (Phi) is 3.71. The minimum atomic E-state index is 0.545. The molecule has 0 bridgehead atoms. The molecule has 98 valence electrons. The molecule has 0 aliphatic rings. The Morgan fingerprint density at radius 3 is 2.84 bits per heavy atom. The van der Waals surface area contributed by atoms with Crippen LogP contribution in [0.25, 0.3) is 0 Å². The van der Waals surface area contributed by atoms with Crippen LogP contribution in [0.5, 0.6) is 5.75 Å². The number of nitrogens with zero attached hydrogens (tertiary/aromatic N) is 3. The summed E-state index contributed by atoms with van der Waals surface area (Å²) in [5.41, 5.74) is 3.57. The summed E-state index contributed by atoms with van der Waals surface area (Å²) in [5.74, 6) is 0.602. The third kappa shape index (κ3) is 2.86. The molecule has 2 aromatic rings. The van der Waals surface area contributed by atoms with Gasteiger partial charge in [0.25, 0.3) is 0 Å². The maximum atomic E-state index is 8.93. The molecule has 1 N–H and O–H groups in total. The Morgan fingerprint density at radius 2 is 2.26 bits per heavy atom. The van der Waals surface area contributed by atoms with E-state index >= 15 is 0 Å². The van der Waals surface area contributed by atoms with Gasteiger partial charge in [-0.2, -0.15) is 10.4 Å². The number of nitriles is 1. The summed E-state index contributed by atoms with van der Waals surface area (Å²) in [6.45, 7) is 2.62. The molecule has 2 rings (SSSR count). The molecule has 0 spiro atoms. The molecule has 0 radical (unpaired) electrons. The largest absolute Gasteiger partial charge is 0.495 e. The molecule has 5 heteroatoms. The summed E-state index contributed by atoms with van der Waals surface area (Å²) in [4.78, 5) is 0. The van der Waals surface area contributed by atoms with E-state index in [0.29, 0.717) is 17.9 Å². The molecule has 0 saturated carbocycles. The van der Waals surface area contributed by atoms with E-state index in [0.717, 1.165) is 16.9 Å². The minimum Gasteiger partial charge on any atom is -0.495 e. The van der Waals surface area contributed by atoms with Crippen LogP contribution in [0.2, 0.25) is 0 Å². The van der Waals surface area contributed by atoms with Crippen molar-refractivity contribution in [2.24, 2.45) is 7.05 Å². The third-order valence-corrected chi connectivity index (χ3v) is 2.88. The Hall–Kier alpha value is -2.48. The summed E-state index contributed by atoms with van der Waals surface area (Å²) in [6, 6.07) is 7.66. The Morgan fingerprint density at radius 1 is 1.47 bits per heavy atom. The van der Waals surface area contributed by atoms with Gasteiger partial charge >= 0.3 is 0 Å². The predicted molar refractivity (Wildman–Crippen MR) is 73.0 cm³/mol. The van der Waals surface area contributed by atoms with E-state index in [1.807, 2.05) is 32.3 Å². The zero-order valence-corrected chi connectivity index (χ0v) is 11.3. The standard InChI is InChI=1S/C14H16N4O/c1-10-13(9-18(2)17-10)16-8-11-4-5-12(7-15)14(6-11)19-3/h4-6,9,16H,8H2,1-3H3. The van der Waals surface area contributed by atoms with Crippen LogP contribution in [0.15, 0.2) is 24.4 Å². The molecule has 5 nitrogen and oxygen atoms in total. The summed E-state index contributed by atoms with van der Waals surface area (Å²) in [5, 5.41) is 16.5. The highest BCUT2D eigenvalue weighted by molar-refractivity contribution is 5.48. The van der Waals surface area contributed by atoms with E-state index < -0.39 is 0 Å². The van der Waals surface area contributed by atoms with E-state index in [-0.39, 0.29) is 0 Å². The van der Waals surface area contributed by atoms with E-state index in [9.17, 15) is 0 Å². The van der Waals surface area contributed by atoms with Gasteiger partial charge in [0.2, 0.25) is 0 Å². The van der Waals surface area contributed by atoms with Crippen molar-refractivity contribution in [2.45, 2.75) is 13.5 Å². The molecule has 0 amide bonds. The average molecular weight is 256 g/mol. The molecule has 1 aromatic carbocycles. The van der Waals surface area contributed by atoms with Gasteiger partial charge in [0, 0.05) is 19.8 Å². The van der Waals surface area contributed by atoms with E-state index in [1.54, 1.807) is 17.9 Å². The lowest BCUT2D eigenvalue weighted by molar-refractivity contribution is 0.413. The van der Waals surface area contributed by atoms with Crippen LogP contribution in [-0.4, -0.2) is 16.9 Å². The quantitative estimate of drug-likeness (QED) is 0.911. The number of methoxy groups -OCH3 is 1. The van der Waals surface area contributed by atoms with Gasteiger partial charge in [-0.1, -0.05) is 6.07 Å². The van der Waals surface area contributed by atoms with Gasteiger partial charge in [-0.05, 0) is 24.6 Å². The number of anilines is 1. The number of hydrogen-bond acceptors (Lipinski definition) is 4. The van der Waals surface area contributed by atoms with Crippen LogP contribution in [0.4, 0.5) is 5.69 Å². The number of rotatable bonds is 4. The average Bonchev–Trinajstić information content (AvgIpc) is 2.74. The SMILES string of the molecule is COc1cc(CNc2cn(C)nc2C)ccc1C#N. The van der Waals surface area contributed by atoms with E-state index in [1.165, 1.54) is 0 Å². The molecule has 0 aliphatic carbocycles. The highest BCUT2D eigenvalue weighted by atomic mass is 16.5. The number of hydrogen-bond donors (Lipinski definition) is 1. The first kappa shape index (κ1) is 13.0. The number of ether oxygens (including phenoxy) is 1. The Bertz CT molecular complexity index is 625. The number of benzene rings is 1. The second-order valence-electron chi connectivity index (χ2n) is 4.30. The van der Waals surface area contributed by atoms with Gasteiger partial charge in [0.05, 0.1) is 24.1 Å². The summed E-state index contributed by atoms with van der Waals surface area (Å²) in [7, 11) is 3.46. The lowest BCUT2D eigenvalue weighted by Gasteiger charge is -2.08. The lowest BCUT2D eigenvalue weighted by Crippen LogP contribution is -2.00. The van der Waals surface area contributed by atoms with Crippen molar-refractivity contribution in [1.82, 2.24) is 9.78 Å². The predicted octanol–water partition coefficient (Wildman–Crippen LogP) is 2.22. The second kappa shape index (κ2) is 5.44. The van der Waals surface area contributed by atoms with Gasteiger partial charge in [-0.25, -0.2) is 0 Å². The topological polar surface area (TPSA) is 62.9 Å². The Balaban J connectivity index is 2.12. The maximum absolute atomic E-state index is 8.93. The minimum absolute atomic E-state index is 0.545. The van der Waals surface area contributed by atoms with Gasteiger partial charge in [-0.15, -0.1) is 0 Å². The van der Waals surface area contributed by atoms with Crippen molar-refractivity contribution in [2.75, 3.05) is 12.4 Å². The smallest absolute Gasteiger partial charge is 0.136 e. The van der Waals surface area contributed by atoms with Gasteiger partial charge in [-0.3, -0.25) is 4.68 Å². The van der Waals surface area contributed by atoms with Crippen molar-refractivity contribution in [3.63, 3.8) is 0 Å². The molecular formula is C14H16N4O. The number of nitrogens with one attached hydrogen (secondary N) is 1. The van der Waals surface area contributed by atoms with Gasteiger partial charge < -0.3 is 10.1 Å². The zero-order chi connectivity index (χ0) is 13.8. The molecule has 0 atom stereocenters. The second-order valence-corrected chi connectivity index (χ2v) is 4.30. The van der Waals surface area contributed by atoms with E-state index in [2.05, 4.69) is 16.5 Å². The molecule has 0 aliphatic heterocycles. The van der Waals surface area contributed by atoms with Crippen LogP contribution in [0, 0.1) is 18.3 Å². The maximum Gasteiger partial charge on any atom is 0.136 e. The molecule has 0 fully saturated rings. The normalized spacial score (nSPS) is 10.0. The lowest BCUT2D eigenvalue weighted by atomic mass is 10.1. The van der Waals surface area contributed by atoms with Crippen LogP contribution >= 0.6 is 0 Å². The summed E-state index contributed by atoms with van der Waals surface area (Å²) >= 11 is 0. The highest BCUT2D eigenvalue weighted by Gasteiger charge is 2.05. The highest BCUT2D eigenvalue weighted by Crippen LogP contribution is 2.20. The first-order valence-corrected chi connectivity index (χ1v) is 5.95. The zero-order valence-electron chi connectivity index (χ0n) is 11.3. The van der Waals surface area contributed by atoms with E-state index in [4.69, 9.17) is 10.00 Å². The number of aryl methyl sites for hydroxylation is 2. The van der Waals surface area contributed by atoms with Gasteiger partial charge in [0.15, 0.2) is 0 Å². The van der Waals surface area contributed by atoms with Crippen molar-refractivity contribution in [1.29, 1.82) is 5.26 Å². The van der Waals surface area contributed by atoms with Crippen molar-refractivity contribution in [3.05, 3.63) is 41.2 Å². The molecule has 0 unspecified atom stereocenters. The number of aromatic nitrogens is 2. The fourth-order valence-corrected chi connectivity index (χ4v) is 1.91. The monoisotopic (exact) mass is 256 g/mol. The van der Waals surface area contributed by atoms with Crippen molar-refractivity contribution in [3.8, 4) is 11.8 Å². The summed E-state index contributed by atoms with van der Waals surface area (Å²) in [6.07, 6.45) is 1.94. The molecule has 19 heavy (non-hydrogen) atoms.